The molecule has 1 aliphatic rings. The van der Waals surface area contributed by atoms with Crippen molar-refractivity contribution in [2.45, 2.75) is 19.4 Å². The third-order valence-electron chi connectivity index (χ3n) is 3.83. The number of fused-ring (bicyclic) bond motifs is 1. The number of aromatic nitrogens is 2. The number of para-hydroxylation sites is 1. The normalized spacial score (nSPS) is 15.0. The number of hydrogen-bond donors (Lipinski definition) is 1. The maximum atomic E-state index is 5.82. The van der Waals surface area contributed by atoms with Crippen LogP contribution in [0.5, 0.6) is 11.5 Å². The Morgan fingerprint density at radius 3 is 2.86 bits per heavy atom. The number of nitrogens with one attached hydrogen (secondary N) is 1. The lowest BCUT2D eigenvalue weighted by Gasteiger charge is -2.25. The van der Waals surface area contributed by atoms with Crippen LogP contribution in [0.2, 0.25) is 0 Å². The molecule has 1 aromatic heterocycles. The zero-order valence-corrected chi connectivity index (χ0v) is 12.7. The SMILES string of the molecule is CNC(Cc1cc(C)nn1C)c1cccc2c1OCCO2. The van der Waals surface area contributed by atoms with Crippen LogP contribution in [0.3, 0.4) is 0 Å². The highest BCUT2D eigenvalue weighted by molar-refractivity contribution is 5.49. The summed E-state index contributed by atoms with van der Waals surface area (Å²) < 4.78 is 13.4. The van der Waals surface area contributed by atoms with E-state index in [9.17, 15) is 0 Å². The summed E-state index contributed by atoms with van der Waals surface area (Å²) in [5.74, 6) is 1.70. The van der Waals surface area contributed by atoms with Gasteiger partial charge in [0.25, 0.3) is 0 Å². The summed E-state index contributed by atoms with van der Waals surface area (Å²) in [6, 6.07) is 8.35. The van der Waals surface area contributed by atoms with Gasteiger partial charge in [0, 0.05) is 30.8 Å². The van der Waals surface area contributed by atoms with Gasteiger partial charge in [-0.15, -0.1) is 0 Å². The zero-order valence-electron chi connectivity index (χ0n) is 12.7. The highest BCUT2D eigenvalue weighted by atomic mass is 16.6. The summed E-state index contributed by atoms with van der Waals surface area (Å²) >= 11 is 0. The van der Waals surface area contributed by atoms with Crippen LogP contribution in [0.1, 0.15) is 23.0 Å². The maximum Gasteiger partial charge on any atom is 0.166 e. The molecule has 21 heavy (non-hydrogen) atoms. The average molecular weight is 287 g/mol. The minimum atomic E-state index is 0.163. The van der Waals surface area contributed by atoms with Gasteiger partial charge in [-0.2, -0.15) is 5.10 Å². The molecule has 0 spiro atoms. The van der Waals surface area contributed by atoms with E-state index in [4.69, 9.17) is 9.47 Å². The molecule has 5 heteroatoms. The predicted molar refractivity (Wildman–Crippen MR) is 80.9 cm³/mol. The van der Waals surface area contributed by atoms with E-state index in [1.54, 1.807) is 0 Å². The van der Waals surface area contributed by atoms with Crippen LogP contribution in [0.15, 0.2) is 24.3 Å². The standard InChI is InChI=1S/C16H21N3O2/c1-11-9-12(19(3)18-11)10-14(17-2)13-5-4-6-15-16(13)21-8-7-20-15/h4-6,9,14,17H,7-8,10H2,1-3H3. The van der Waals surface area contributed by atoms with Crippen molar-refractivity contribution in [2.24, 2.45) is 7.05 Å². The number of hydrogen-bond acceptors (Lipinski definition) is 4. The lowest BCUT2D eigenvalue weighted by atomic mass is 10.00. The summed E-state index contributed by atoms with van der Waals surface area (Å²) in [6.45, 7) is 3.23. The molecule has 5 nitrogen and oxygen atoms in total. The molecule has 3 rings (SSSR count). The van der Waals surface area contributed by atoms with Crippen LogP contribution in [-0.4, -0.2) is 30.0 Å². The highest BCUT2D eigenvalue weighted by Gasteiger charge is 2.22. The Balaban J connectivity index is 1.91. The van der Waals surface area contributed by atoms with Gasteiger partial charge in [0.05, 0.1) is 5.69 Å². The molecule has 2 heterocycles. The Bertz CT molecular complexity index is 636. The Labute approximate surface area is 124 Å². The lowest BCUT2D eigenvalue weighted by Crippen LogP contribution is -2.23. The number of benzene rings is 1. The minimum absolute atomic E-state index is 0.163. The maximum absolute atomic E-state index is 5.82. The average Bonchev–Trinajstić information content (AvgIpc) is 2.82. The van der Waals surface area contributed by atoms with Crippen LogP contribution in [0, 0.1) is 6.92 Å². The molecule has 1 aromatic carbocycles. The van der Waals surface area contributed by atoms with Crippen molar-refractivity contribution >= 4 is 0 Å². The summed E-state index contributed by atoms with van der Waals surface area (Å²) in [5, 5.41) is 7.79. The molecule has 0 fully saturated rings. The number of aryl methyl sites for hydroxylation is 2. The van der Waals surface area contributed by atoms with Gasteiger partial charge >= 0.3 is 0 Å². The second-order valence-corrected chi connectivity index (χ2v) is 5.32. The summed E-state index contributed by atoms with van der Waals surface area (Å²) in [5.41, 5.74) is 3.37. The Hall–Kier alpha value is -2.01. The lowest BCUT2D eigenvalue weighted by molar-refractivity contribution is 0.168. The molecule has 0 bridgehead atoms. The molecule has 1 N–H and O–H groups in total. The van der Waals surface area contributed by atoms with Gasteiger partial charge in [-0.05, 0) is 26.1 Å². The molecule has 0 amide bonds. The molecular formula is C16H21N3O2. The molecule has 0 saturated carbocycles. The molecule has 0 aliphatic carbocycles. The summed E-state index contributed by atoms with van der Waals surface area (Å²) in [6.07, 6.45) is 0.855. The fourth-order valence-electron chi connectivity index (χ4n) is 2.80. The Morgan fingerprint density at radius 2 is 2.14 bits per heavy atom. The van der Waals surface area contributed by atoms with Crippen LogP contribution in [0.25, 0.3) is 0 Å². The highest BCUT2D eigenvalue weighted by Crippen LogP contribution is 2.37. The number of ether oxygens (including phenoxy) is 2. The molecule has 0 radical (unpaired) electrons. The second kappa shape index (κ2) is 5.77. The first-order valence-corrected chi connectivity index (χ1v) is 7.24. The zero-order chi connectivity index (χ0) is 14.8. The number of nitrogens with zero attached hydrogens (tertiary/aromatic N) is 2. The van der Waals surface area contributed by atoms with E-state index in [2.05, 4.69) is 22.5 Å². The summed E-state index contributed by atoms with van der Waals surface area (Å²) in [7, 11) is 3.95. The quantitative estimate of drug-likeness (QED) is 0.934. The fourth-order valence-corrected chi connectivity index (χ4v) is 2.80. The van der Waals surface area contributed by atoms with Gasteiger partial charge in [0.1, 0.15) is 13.2 Å². The van der Waals surface area contributed by atoms with E-state index in [0.29, 0.717) is 13.2 Å². The Morgan fingerprint density at radius 1 is 1.33 bits per heavy atom. The second-order valence-electron chi connectivity index (χ2n) is 5.32. The Kier molecular flexibility index (Phi) is 3.84. The largest absolute Gasteiger partial charge is 0.486 e. The first-order valence-electron chi connectivity index (χ1n) is 7.24. The molecular weight excluding hydrogens is 266 g/mol. The number of likely N-dealkylation sites (N-methyl/N-ethyl adjacent to an activating group) is 1. The third kappa shape index (κ3) is 2.74. The van der Waals surface area contributed by atoms with Crippen molar-refractivity contribution in [1.29, 1.82) is 0 Å². The summed E-state index contributed by atoms with van der Waals surface area (Å²) in [4.78, 5) is 0. The van der Waals surface area contributed by atoms with Crippen molar-refractivity contribution < 1.29 is 9.47 Å². The molecule has 1 aliphatic heterocycles. The van der Waals surface area contributed by atoms with Crippen LogP contribution >= 0.6 is 0 Å². The monoisotopic (exact) mass is 287 g/mol. The molecule has 1 atom stereocenters. The molecule has 112 valence electrons. The van der Waals surface area contributed by atoms with Gasteiger partial charge < -0.3 is 14.8 Å². The molecule has 1 unspecified atom stereocenters. The topological polar surface area (TPSA) is 48.3 Å². The van der Waals surface area contributed by atoms with E-state index in [-0.39, 0.29) is 6.04 Å². The van der Waals surface area contributed by atoms with Gasteiger partial charge in [-0.1, -0.05) is 12.1 Å². The van der Waals surface area contributed by atoms with Gasteiger partial charge in [-0.25, -0.2) is 0 Å². The van der Waals surface area contributed by atoms with E-state index < -0.39 is 0 Å². The fraction of sp³-hybridized carbons (Fsp3) is 0.438. The van der Waals surface area contributed by atoms with Crippen molar-refractivity contribution in [2.75, 3.05) is 20.3 Å². The molecule has 0 saturated heterocycles. The van der Waals surface area contributed by atoms with Gasteiger partial charge in [0.2, 0.25) is 0 Å². The van der Waals surface area contributed by atoms with Crippen LogP contribution in [-0.2, 0) is 13.5 Å². The van der Waals surface area contributed by atoms with E-state index in [1.807, 2.05) is 37.8 Å². The van der Waals surface area contributed by atoms with Crippen molar-refractivity contribution in [3.63, 3.8) is 0 Å². The third-order valence-corrected chi connectivity index (χ3v) is 3.83. The van der Waals surface area contributed by atoms with Crippen molar-refractivity contribution in [1.82, 2.24) is 15.1 Å². The minimum Gasteiger partial charge on any atom is -0.486 e. The predicted octanol–water partition coefficient (Wildman–Crippen LogP) is 2.00. The van der Waals surface area contributed by atoms with E-state index in [0.717, 1.165) is 29.2 Å². The van der Waals surface area contributed by atoms with Crippen molar-refractivity contribution in [3.8, 4) is 11.5 Å². The smallest absolute Gasteiger partial charge is 0.166 e. The van der Waals surface area contributed by atoms with Crippen LogP contribution < -0.4 is 14.8 Å². The van der Waals surface area contributed by atoms with Gasteiger partial charge in [-0.3, -0.25) is 4.68 Å². The van der Waals surface area contributed by atoms with E-state index >= 15 is 0 Å². The molecule has 2 aromatic rings. The van der Waals surface area contributed by atoms with Gasteiger partial charge in [0.15, 0.2) is 11.5 Å². The first kappa shape index (κ1) is 13.9. The van der Waals surface area contributed by atoms with Crippen molar-refractivity contribution in [3.05, 3.63) is 41.2 Å². The number of rotatable bonds is 4. The first-order chi connectivity index (χ1) is 10.2. The van der Waals surface area contributed by atoms with Crippen LogP contribution in [0.4, 0.5) is 0 Å². The van der Waals surface area contributed by atoms with E-state index in [1.165, 1.54) is 5.69 Å².